The SMILES string of the molecule is CC[C@H](C)[C@H](NC(=O)[C@@H]1c2[nH]c3ccccc3c2CCN1C(=O)CCS)C(=O)N[C@@H](CCC(N)=O)C(=O)N[C@@H](CC(N)=O)C(=O)N[C@@H](CS)C(=O)N(C)CC(=O)N[C@@H](CCCN=C(N)N)C(=O)NCC(N)=O. The number of carbonyl (C=O) groups excluding carboxylic acids is 11. The number of fused-ring (bicyclic) bond motifs is 3. The topological polar surface area (TPSA) is 425 Å². The number of aromatic nitrogens is 1. The van der Waals surface area contributed by atoms with Crippen LogP contribution in [-0.2, 0) is 59.2 Å². The molecule has 7 atom stereocenters. The molecule has 3 rings (SSSR count). The van der Waals surface area contributed by atoms with Crippen LogP contribution in [0.15, 0.2) is 29.3 Å². The average molecular weight is 1050 g/mol. The summed E-state index contributed by atoms with van der Waals surface area (Å²) >= 11 is 8.38. The predicted octanol–water partition coefficient (Wildman–Crippen LogP) is -4.43. The van der Waals surface area contributed by atoms with Gasteiger partial charge in [-0.1, -0.05) is 38.5 Å². The molecule has 0 fully saturated rings. The van der Waals surface area contributed by atoms with E-state index in [1.165, 1.54) is 11.9 Å². The van der Waals surface area contributed by atoms with Crippen molar-refractivity contribution in [3.63, 3.8) is 0 Å². The molecule has 72 heavy (non-hydrogen) atoms. The van der Waals surface area contributed by atoms with Crippen molar-refractivity contribution in [2.24, 2.45) is 39.6 Å². The van der Waals surface area contributed by atoms with Crippen molar-refractivity contribution in [3.05, 3.63) is 35.5 Å². The molecule has 1 aromatic heterocycles. The molecule has 17 N–H and O–H groups in total. The lowest BCUT2D eigenvalue weighted by molar-refractivity contribution is -0.143. The Bertz CT molecular complexity index is 2360. The van der Waals surface area contributed by atoms with Crippen LogP contribution in [0.3, 0.4) is 0 Å². The zero-order valence-corrected chi connectivity index (χ0v) is 42.2. The molecule has 1 aromatic carbocycles. The number of amides is 11. The highest BCUT2D eigenvalue weighted by Crippen LogP contribution is 2.35. The number of aliphatic imine (C=N–C) groups is 1. The van der Waals surface area contributed by atoms with Crippen molar-refractivity contribution in [2.45, 2.75) is 101 Å². The Morgan fingerprint density at radius 2 is 1.43 bits per heavy atom. The number of nitrogens with zero attached hydrogens (tertiary/aromatic N) is 3. The van der Waals surface area contributed by atoms with Gasteiger partial charge in [0.1, 0.15) is 30.2 Å². The van der Waals surface area contributed by atoms with E-state index in [1.54, 1.807) is 13.8 Å². The molecule has 2 aromatic rings. The number of likely N-dealkylation sites (N-methyl/N-ethyl adjacent to an activating group) is 1. The molecule has 11 amide bonds. The Morgan fingerprint density at radius 1 is 0.792 bits per heavy atom. The summed E-state index contributed by atoms with van der Waals surface area (Å²) in [7, 11) is 1.21. The lowest BCUT2D eigenvalue weighted by Crippen LogP contribution is -2.60. The molecule has 0 bridgehead atoms. The first-order chi connectivity index (χ1) is 34.0. The second kappa shape index (κ2) is 28.7. The third kappa shape index (κ3) is 17.6. The van der Waals surface area contributed by atoms with Gasteiger partial charge in [0.25, 0.3) is 0 Å². The van der Waals surface area contributed by atoms with Crippen LogP contribution in [0.2, 0.25) is 0 Å². The van der Waals surface area contributed by atoms with Crippen molar-refractivity contribution in [1.29, 1.82) is 0 Å². The van der Waals surface area contributed by atoms with Crippen LogP contribution in [0, 0.1) is 5.92 Å². The maximum absolute atomic E-state index is 14.4. The number of hydrogen-bond donors (Lipinski definition) is 14. The van der Waals surface area contributed by atoms with Gasteiger partial charge >= 0.3 is 0 Å². The van der Waals surface area contributed by atoms with Crippen LogP contribution < -0.4 is 60.6 Å². The first-order valence-corrected chi connectivity index (χ1v) is 24.3. The van der Waals surface area contributed by atoms with Crippen LogP contribution >= 0.6 is 25.3 Å². The van der Waals surface area contributed by atoms with Gasteiger partial charge in [0.05, 0.1) is 25.2 Å². The predicted molar refractivity (Wildman–Crippen MR) is 270 cm³/mol. The van der Waals surface area contributed by atoms with E-state index in [0.717, 1.165) is 21.4 Å². The van der Waals surface area contributed by atoms with Crippen molar-refractivity contribution in [3.8, 4) is 0 Å². The number of hydrogen-bond acceptors (Lipinski definition) is 14. The van der Waals surface area contributed by atoms with Crippen LogP contribution in [0.25, 0.3) is 10.9 Å². The van der Waals surface area contributed by atoms with Gasteiger partial charge in [0.2, 0.25) is 65.0 Å². The van der Waals surface area contributed by atoms with Gasteiger partial charge in [0.15, 0.2) is 12.0 Å². The molecule has 2 heterocycles. The molecule has 0 spiro atoms. The summed E-state index contributed by atoms with van der Waals surface area (Å²) in [6.45, 7) is 2.59. The maximum Gasteiger partial charge on any atom is 0.249 e. The van der Waals surface area contributed by atoms with Crippen LogP contribution in [0.4, 0.5) is 0 Å². The summed E-state index contributed by atoms with van der Waals surface area (Å²) in [5, 5.41) is 15.7. The number of para-hydroxylation sites is 1. The molecule has 1 aliphatic heterocycles. The number of rotatable bonds is 29. The zero-order valence-electron chi connectivity index (χ0n) is 40.4. The standard InChI is InChI=1S/C44H67N15O11S2/c1-4-22(2)35(57-42(69)37-36-24(13-16-59(37)34(64)14-17-71)23-8-5-6-9-25(23)53-36)41(68)54-27(11-12-30(45)60)39(66)55-28(18-31(46)61)40(67)56-29(21-72)43(70)58(3)20-33(63)52-26(10-7-15-50-44(48)49)38(65)51-19-32(47)62/h5-6,8-9,22,26-29,35,37,53,71-72H,4,7,10-21H2,1-3H3,(H2,45,60)(H2,46,61)(H2,47,62)(H,51,65)(H,52,63)(H,54,68)(H,55,66)(H,56,67)(H,57,69)(H4,48,49,50)/t22-,26-,27-,28-,29-,35-,37-/m0/s1. The number of guanidine groups is 1. The molecule has 1 aliphatic rings. The lowest BCUT2D eigenvalue weighted by atomic mass is 9.94. The number of aromatic amines is 1. The van der Waals surface area contributed by atoms with Crippen molar-refractivity contribution in [2.75, 3.05) is 44.7 Å². The Labute approximate surface area is 426 Å². The molecular formula is C44H67N15O11S2. The summed E-state index contributed by atoms with van der Waals surface area (Å²) in [4.78, 5) is 154. The smallest absolute Gasteiger partial charge is 0.249 e. The average Bonchev–Trinajstić information content (AvgIpc) is 3.71. The van der Waals surface area contributed by atoms with E-state index >= 15 is 0 Å². The summed E-state index contributed by atoms with van der Waals surface area (Å²) in [6, 6.07) is -1.10. The van der Waals surface area contributed by atoms with Crippen molar-refractivity contribution >= 4 is 107 Å². The monoisotopic (exact) mass is 1050 g/mol. The Hall–Kier alpha value is -7.10. The second-order valence-electron chi connectivity index (χ2n) is 17.1. The van der Waals surface area contributed by atoms with Gasteiger partial charge < -0.3 is 75.4 Å². The van der Waals surface area contributed by atoms with Gasteiger partial charge in [-0.15, -0.1) is 0 Å². The molecule has 0 radical (unpaired) electrons. The molecule has 0 saturated carbocycles. The van der Waals surface area contributed by atoms with Crippen LogP contribution in [0.1, 0.15) is 76.1 Å². The summed E-state index contributed by atoms with van der Waals surface area (Å²) < 4.78 is 0. The number of nitrogens with two attached hydrogens (primary N) is 5. The fourth-order valence-corrected chi connectivity index (χ4v) is 8.22. The van der Waals surface area contributed by atoms with E-state index in [4.69, 9.17) is 28.7 Å². The normalized spacial score (nSPS) is 15.4. The molecule has 28 heteroatoms. The third-order valence-electron chi connectivity index (χ3n) is 11.7. The molecule has 0 saturated heterocycles. The largest absolute Gasteiger partial charge is 0.370 e. The van der Waals surface area contributed by atoms with Gasteiger partial charge in [-0.25, -0.2) is 0 Å². The Balaban J connectivity index is 1.81. The quantitative estimate of drug-likeness (QED) is 0.0159. The van der Waals surface area contributed by atoms with E-state index in [1.807, 2.05) is 24.3 Å². The summed E-state index contributed by atoms with van der Waals surface area (Å²) in [5.41, 5.74) is 28.7. The number of thiol groups is 2. The lowest BCUT2D eigenvalue weighted by Gasteiger charge is -2.36. The Morgan fingerprint density at radius 3 is 2.04 bits per heavy atom. The first kappa shape index (κ1) is 59.2. The van der Waals surface area contributed by atoms with E-state index in [2.05, 4.69) is 67.1 Å². The van der Waals surface area contributed by atoms with Gasteiger partial charge in [0, 0.05) is 49.6 Å². The fraction of sp³-hybridized carbons (Fsp3) is 0.545. The maximum atomic E-state index is 14.4. The van der Waals surface area contributed by atoms with E-state index < -0.39 is 134 Å². The molecular weight excluding hydrogens is 979 g/mol. The van der Waals surface area contributed by atoms with Gasteiger partial charge in [-0.3, -0.25) is 57.7 Å². The van der Waals surface area contributed by atoms with Gasteiger partial charge in [-0.2, -0.15) is 25.3 Å². The highest BCUT2D eigenvalue weighted by Gasteiger charge is 2.41. The minimum Gasteiger partial charge on any atom is -0.370 e. The third-order valence-corrected chi connectivity index (χ3v) is 12.2. The first-order valence-electron chi connectivity index (χ1n) is 23.1. The molecule has 396 valence electrons. The van der Waals surface area contributed by atoms with Crippen LogP contribution in [0.5, 0.6) is 0 Å². The van der Waals surface area contributed by atoms with Gasteiger partial charge in [-0.05, 0) is 49.0 Å². The summed E-state index contributed by atoms with van der Waals surface area (Å²) in [6.07, 6.45) is -0.560. The highest BCUT2D eigenvalue weighted by molar-refractivity contribution is 7.80. The summed E-state index contributed by atoms with van der Waals surface area (Å²) in [5.74, 6) is -10.2. The molecule has 0 unspecified atom stereocenters. The van der Waals surface area contributed by atoms with Crippen molar-refractivity contribution in [1.82, 2.24) is 46.7 Å². The molecule has 26 nitrogen and oxygen atoms in total. The number of H-pyrrole nitrogens is 1. The number of benzene rings is 1. The highest BCUT2D eigenvalue weighted by atomic mass is 32.1. The van der Waals surface area contributed by atoms with E-state index in [-0.39, 0.29) is 55.7 Å². The van der Waals surface area contributed by atoms with Crippen LogP contribution in [-0.4, -0.2) is 161 Å². The Kier molecular flexibility index (Phi) is 23.6. The number of nitrogens with one attached hydrogen (secondary N) is 7. The molecule has 0 aliphatic carbocycles. The minimum atomic E-state index is -1.77. The number of primary amides is 3. The van der Waals surface area contributed by atoms with Crippen molar-refractivity contribution < 1.29 is 52.7 Å². The zero-order chi connectivity index (χ0) is 53.8. The number of carbonyl (C=O) groups is 11. The minimum absolute atomic E-state index is 0.0159. The van der Waals surface area contributed by atoms with E-state index in [9.17, 15) is 52.7 Å². The second-order valence-corrected chi connectivity index (χ2v) is 17.9. The fourth-order valence-electron chi connectivity index (χ4n) is 7.78. The van der Waals surface area contributed by atoms with E-state index in [0.29, 0.717) is 18.5 Å².